The molecule has 4 aromatic rings. The number of benzene rings is 4. The Balaban J connectivity index is 1.91. The standard InChI is InChI=1S/C28H25F/c1-4-17(2)20-9-5-6-10-21(20)25-15-26-19(16-29)13-14-24-22-11-7-8-12-23(22)27(18(25)3)28(24)26/h5-15,17H,4,16H2,1-3H3. The zero-order valence-corrected chi connectivity index (χ0v) is 17.2. The van der Waals surface area contributed by atoms with Crippen LogP contribution in [0, 0.1) is 6.92 Å². The monoisotopic (exact) mass is 380 g/mol. The molecule has 4 aromatic carbocycles. The maximum absolute atomic E-state index is 14.0. The fraction of sp³-hybridized carbons (Fsp3) is 0.214. The smallest absolute Gasteiger partial charge is 0.115 e. The van der Waals surface area contributed by atoms with Gasteiger partial charge in [0.2, 0.25) is 0 Å². The Kier molecular flexibility index (Phi) is 4.28. The second-order valence-electron chi connectivity index (χ2n) is 8.19. The lowest BCUT2D eigenvalue weighted by atomic mass is 9.84. The lowest BCUT2D eigenvalue weighted by Crippen LogP contribution is -1.98. The van der Waals surface area contributed by atoms with Gasteiger partial charge in [-0.3, -0.25) is 0 Å². The molecule has 144 valence electrons. The normalized spacial score (nSPS) is 13.0. The van der Waals surface area contributed by atoms with Crippen LogP contribution in [0.1, 0.15) is 42.9 Å². The lowest BCUT2D eigenvalue weighted by Gasteiger charge is -2.20. The van der Waals surface area contributed by atoms with Gasteiger partial charge in [0.25, 0.3) is 0 Å². The number of alkyl halides is 1. The maximum atomic E-state index is 14.0. The fourth-order valence-electron chi connectivity index (χ4n) is 4.96. The highest BCUT2D eigenvalue weighted by atomic mass is 19.1. The molecule has 0 amide bonds. The lowest BCUT2D eigenvalue weighted by molar-refractivity contribution is 0.488. The summed E-state index contributed by atoms with van der Waals surface area (Å²) < 4.78 is 14.0. The summed E-state index contributed by atoms with van der Waals surface area (Å²) in [5.41, 5.74) is 11.0. The number of halogens is 1. The number of hydrogen-bond donors (Lipinski definition) is 0. The third-order valence-electron chi connectivity index (χ3n) is 6.68. The molecule has 1 aliphatic rings. The van der Waals surface area contributed by atoms with Gasteiger partial charge in [0, 0.05) is 0 Å². The van der Waals surface area contributed by atoms with E-state index >= 15 is 0 Å². The van der Waals surface area contributed by atoms with Gasteiger partial charge in [-0.2, -0.15) is 0 Å². The summed E-state index contributed by atoms with van der Waals surface area (Å²) in [5.74, 6) is 0.481. The second-order valence-corrected chi connectivity index (χ2v) is 8.19. The quantitative estimate of drug-likeness (QED) is 0.293. The zero-order chi connectivity index (χ0) is 20.1. The Morgan fingerprint density at radius 1 is 0.793 bits per heavy atom. The van der Waals surface area contributed by atoms with Crippen LogP contribution in [0.5, 0.6) is 0 Å². The number of hydrogen-bond acceptors (Lipinski definition) is 0. The molecule has 0 spiro atoms. The molecule has 0 nitrogen and oxygen atoms in total. The van der Waals surface area contributed by atoms with E-state index in [1.807, 2.05) is 6.07 Å². The summed E-state index contributed by atoms with van der Waals surface area (Å²) in [5, 5.41) is 2.26. The molecular weight excluding hydrogens is 355 g/mol. The Labute approximate surface area is 172 Å². The summed E-state index contributed by atoms with van der Waals surface area (Å²) in [6, 6.07) is 23.6. The molecule has 0 saturated heterocycles. The average molecular weight is 381 g/mol. The molecule has 1 heteroatoms. The zero-order valence-electron chi connectivity index (χ0n) is 17.2. The molecule has 0 N–H and O–H groups in total. The SMILES string of the molecule is CCC(C)c1ccccc1-c1cc2c(CF)ccc3c2c(c1C)-c1ccccc1-3. The van der Waals surface area contributed by atoms with Crippen LogP contribution in [-0.4, -0.2) is 0 Å². The van der Waals surface area contributed by atoms with Gasteiger partial charge < -0.3 is 0 Å². The van der Waals surface area contributed by atoms with Crippen LogP contribution in [0.4, 0.5) is 4.39 Å². The van der Waals surface area contributed by atoms with E-state index in [1.165, 1.54) is 49.9 Å². The first-order valence-electron chi connectivity index (χ1n) is 10.5. The molecule has 0 bridgehead atoms. The summed E-state index contributed by atoms with van der Waals surface area (Å²) in [7, 11) is 0. The van der Waals surface area contributed by atoms with Crippen molar-refractivity contribution >= 4 is 10.8 Å². The van der Waals surface area contributed by atoms with Crippen LogP contribution < -0.4 is 0 Å². The van der Waals surface area contributed by atoms with Crippen molar-refractivity contribution in [2.45, 2.75) is 39.8 Å². The predicted octanol–water partition coefficient (Wildman–Crippen LogP) is 8.45. The first-order valence-corrected chi connectivity index (χ1v) is 10.5. The summed E-state index contributed by atoms with van der Waals surface area (Å²) in [4.78, 5) is 0. The minimum absolute atomic E-state index is 0.442. The Morgan fingerprint density at radius 2 is 1.48 bits per heavy atom. The maximum Gasteiger partial charge on any atom is 0.115 e. The van der Waals surface area contributed by atoms with E-state index in [1.54, 1.807) is 0 Å². The second kappa shape index (κ2) is 6.84. The molecule has 0 radical (unpaired) electrons. The van der Waals surface area contributed by atoms with Gasteiger partial charge in [0.05, 0.1) is 0 Å². The Morgan fingerprint density at radius 3 is 2.21 bits per heavy atom. The number of rotatable bonds is 4. The molecule has 29 heavy (non-hydrogen) atoms. The van der Waals surface area contributed by atoms with E-state index < -0.39 is 6.67 Å². The van der Waals surface area contributed by atoms with Crippen LogP contribution in [0.3, 0.4) is 0 Å². The highest BCUT2D eigenvalue weighted by Crippen LogP contribution is 2.52. The van der Waals surface area contributed by atoms with Crippen molar-refractivity contribution < 1.29 is 4.39 Å². The molecule has 1 unspecified atom stereocenters. The van der Waals surface area contributed by atoms with Gasteiger partial charge in [-0.25, -0.2) is 4.39 Å². The molecule has 0 saturated carbocycles. The Hall–Kier alpha value is -2.93. The van der Waals surface area contributed by atoms with Crippen molar-refractivity contribution in [3.63, 3.8) is 0 Å². The van der Waals surface area contributed by atoms with Crippen molar-refractivity contribution in [2.75, 3.05) is 0 Å². The van der Waals surface area contributed by atoms with Crippen molar-refractivity contribution in [1.82, 2.24) is 0 Å². The van der Waals surface area contributed by atoms with Crippen LogP contribution >= 0.6 is 0 Å². The van der Waals surface area contributed by atoms with Crippen molar-refractivity contribution in [3.05, 3.63) is 83.4 Å². The van der Waals surface area contributed by atoms with Gasteiger partial charge >= 0.3 is 0 Å². The summed E-state index contributed by atoms with van der Waals surface area (Å²) in [6.45, 7) is 6.31. The van der Waals surface area contributed by atoms with Crippen LogP contribution in [0.25, 0.3) is 44.2 Å². The van der Waals surface area contributed by atoms with E-state index in [-0.39, 0.29) is 0 Å². The third-order valence-corrected chi connectivity index (χ3v) is 6.68. The topological polar surface area (TPSA) is 0 Å². The van der Waals surface area contributed by atoms with E-state index in [9.17, 15) is 4.39 Å². The first-order chi connectivity index (χ1) is 14.2. The fourth-order valence-corrected chi connectivity index (χ4v) is 4.96. The largest absolute Gasteiger partial charge is 0.246 e. The highest BCUT2D eigenvalue weighted by molar-refractivity contribution is 6.18. The van der Waals surface area contributed by atoms with Gasteiger partial charge in [-0.05, 0) is 86.2 Å². The van der Waals surface area contributed by atoms with Crippen LogP contribution in [0.15, 0.2) is 66.7 Å². The molecule has 0 aromatic heterocycles. The van der Waals surface area contributed by atoms with Crippen LogP contribution in [-0.2, 0) is 6.67 Å². The number of fused-ring (bicyclic) bond motifs is 3. The first kappa shape index (κ1) is 18.1. The minimum atomic E-state index is -0.442. The summed E-state index contributed by atoms with van der Waals surface area (Å²) >= 11 is 0. The summed E-state index contributed by atoms with van der Waals surface area (Å²) in [6.07, 6.45) is 1.10. The van der Waals surface area contributed by atoms with Gasteiger partial charge in [-0.15, -0.1) is 0 Å². The van der Waals surface area contributed by atoms with Crippen LogP contribution in [0.2, 0.25) is 0 Å². The van der Waals surface area contributed by atoms with E-state index in [0.29, 0.717) is 5.92 Å². The third kappa shape index (κ3) is 2.57. The van der Waals surface area contributed by atoms with E-state index in [2.05, 4.69) is 81.4 Å². The molecule has 0 aliphatic heterocycles. The van der Waals surface area contributed by atoms with Gasteiger partial charge in [0.15, 0.2) is 0 Å². The van der Waals surface area contributed by atoms with Gasteiger partial charge in [0.1, 0.15) is 6.67 Å². The molecule has 5 rings (SSSR count). The predicted molar refractivity (Wildman–Crippen MR) is 122 cm³/mol. The Bertz CT molecular complexity index is 1250. The highest BCUT2D eigenvalue weighted by Gasteiger charge is 2.26. The molecule has 0 fully saturated rings. The minimum Gasteiger partial charge on any atom is -0.246 e. The van der Waals surface area contributed by atoms with Crippen molar-refractivity contribution in [2.24, 2.45) is 0 Å². The van der Waals surface area contributed by atoms with Gasteiger partial charge in [-0.1, -0.05) is 74.5 Å². The van der Waals surface area contributed by atoms with Crippen molar-refractivity contribution in [1.29, 1.82) is 0 Å². The van der Waals surface area contributed by atoms with E-state index in [4.69, 9.17) is 0 Å². The molecule has 0 heterocycles. The molecular formula is C28H25F. The average Bonchev–Trinajstić information content (AvgIpc) is 3.11. The van der Waals surface area contributed by atoms with E-state index in [0.717, 1.165) is 17.4 Å². The molecule has 1 aliphatic carbocycles. The van der Waals surface area contributed by atoms with Crippen molar-refractivity contribution in [3.8, 4) is 33.4 Å². The molecule has 1 atom stereocenters.